The molecule has 0 aromatic heterocycles. The van der Waals surface area contributed by atoms with E-state index in [-0.39, 0.29) is 29.7 Å². The van der Waals surface area contributed by atoms with E-state index < -0.39 is 5.54 Å². The minimum absolute atomic E-state index is 0.0178. The van der Waals surface area contributed by atoms with Crippen LogP contribution in [0.25, 0.3) is 0 Å². The highest BCUT2D eigenvalue weighted by molar-refractivity contribution is 5.96. The van der Waals surface area contributed by atoms with E-state index in [0.717, 1.165) is 11.3 Å². The Kier molecular flexibility index (Phi) is 7.38. The average molecular weight is 491 g/mol. The van der Waals surface area contributed by atoms with Crippen molar-refractivity contribution in [1.29, 1.82) is 0 Å². The molecule has 2 fully saturated rings. The summed E-state index contributed by atoms with van der Waals surface area (Å²) >= 11 is 0. The highest BCUT2D eigenvalue weighted by Gasteiger charge is 2.54. The molecule has 0 N–H and O–H groups in total. The maximum Gasteiger partial charge on any atom is 0.250 e. The molecule has 2 aromatic rings. The zero-order chi connectivity index (χ0) is 25.9. The summed E-state index contributed by atoms with van der Waals surface area (Å²) in [6.45, 7) is 8.19. The van der Waals surface area contributed by atoms with Crippen LogP contribution in [-0.2, 0) is 20.9 Å². The Hall–Kier alpha value is -3.35. The Balaban J connectivity index is 1.49. The number of likely N-dealkylation sites (N-methyl/N-ethyl adjacent to an activating group) is 1. The number of amides is 3. The fourth-order valence-corrected chi connectivity index (χ4v) is 5.24. The van der Waals surface area contributed by atoms with Crippen molar-refractivity contribution in [2.45, 2.75) is 52.1 Å². The zero-order valence-corrected chi connectivity index (χ0v) is 21.9. The number of piperidine rings is 1. The second-order valence-electron chi connectivity index (χ2n) is 11.3. The lowest BCUT2D eigenvalue weighted by atomic mass is 9.84. The van der Waals surface area contributed by atoms with E-state index in [1.165, 1.54) is 0 Å². The Labute approximate surface area is 214 Å². The van der Waals surface area contributed by atoms with E-state index in [1.54, 1.807) is 16.8 Å². The molecule has 1 spiro atoms. The minimum Gasteiger partial charge on any atom is -0.342 e. The first-order valence-corrected chi connectivity index (χ1v) is 12.8. The molecule has 7 nitrogen and oxygen atoms in total. The van der Waals surface area contributed by atoms with Gasteiger partial charge in [0.05, 0.1) is 6.67 Å². The second-order valence-corrected chi connectivity index (χ2v) is 11.3. The SMILES string of the molecule is CN(Cc1ccccc1)C(=O)CN1CN(c2ccccc2)C2(CCN(C(=O)CC(C)(C)C)CC2)C1=O. The molecule has 192 valence electrons. The summed E-state index contributed by atoms with van der Waals surface area (Å²) in [5.74, 6) is 0.0365. The van der Waals surface area contributed by atoms with Crippen molar-refractivity contribution in [2.24, 2.45) is 5.41 Å². The number of nitrogens with zero attached hydrogens (tertiary/aromatic N) is 4. The summed E-state index contributed by atoms with van der Waals surface area (Å²) < 4.78 is 0. The molecule has 2 heterocycles. The van der Waals surface area contributed by atoms with Crippen LogP contribution in [0.3, 0.4) is 0 Å². The van der Waals surface area contributed by atoms with E-state index in [2.05, 4.69) is 25.7 Å². The van der Waals surface area contributed by atoms with Crippen LogP contribution >= 0.6 is 0 Å². The molecule has 0 aliphatic carbocycles. The Bertz CT molecular complexity index is 1070. The first-order valence-electron chi connectivity index (χ1n) is 12.8. The smallest absolute Gasteiger partial charge is 0.250 e. The van der Waals surface area contributed by atoms with Gasteiger partial charge in [-0.15, -0.1) is 0 Å². The van der Waals surface area contributed by atoms with Gasteiger partial charge in [0.1, 0.15) is 12.1 Å². The highest BCUT2D eigenvalue weighted by Crippen LogP contribution is 2.39. The highest BCUT2D eigenvalue weighted by atomic mass is 16.2. The number of likely N-dealkylation sites (tertiary alicyclic amines) is 1. The fourth-order valence-electron chi connectivity index (χ4n) is 5.24. The fraction of sp³-hybridized carbons (Fsp3) is 0.483. The first-order chi connectivity index (χ1) is 17.1. The maximum atomic E-state index is 13.9. The Morgan fingerprint density at radius 3 is 2.11 bits per heavy atom. The van der Waals surface area contributed by atoms with Crippen molar-refractivity contribution in [1.82, 2.24) is 14.7 Å². The van der Waals surface area contributed by atoms with Gasteiger partial charge in [0.15, 0.2) is 0 Å². The Morgan fingerprint density at radius 2 is 1.53 bits per heavy atom. The molecule has 0 bridgehead atoms. The van der Waals surface area contributed by atoms with E-state index in [9.17, 15) is 14.4 Å². The molecule has 0 atom stereocenters. The lowest BCUT2D eigenvalue weighted by Gasteiger charge is -2.43. The van der Waals surface area contributed by atoms with Crippen molar-refractivity contribution in [3.05, 3.63) is 66.2 Å². The monoisotopic (exact) mass is 490 g/mol. The number of carbonyl (C=O) groups excluding carboxylic acids is 3. The van der Waals surface area contributed by atoms with Crippen LogP contribution in [0.2, 0.25) is 0 Å². The molecule has 0 radical (unpaired) electrons. The zero-order valence-electron chi connectivity index (χ0n) is 21.9. The van der Waals surface area contributed by atoms with Crippen LogP contribution in [0.1, 0.15) is 45.6 Å². The summed E-state index contributed by atoms with van der Waals surface area (Å²) in [7, 11) is 1.78. The summed E-state index contributed by atoms with van der Waals surface area (Å²) in [6.07, 6.45) is 1.60. The number of anilines is 1. The Morgan fingerprint density at radius 1 is 0.944 bits per heavy atom. The van der Waals surface area contributed by atoms with Gasteiger partial charge in [0.25, 0.3) is 5.91 Å². The predicted molar refractivity (Wildman–Crippen MR) is 141 cm³/mol. The van der Waals surface area contributed by atoms with Gasteiger partial charge >= 0.3 is 0 Å². The van der Waals surface area contributed by atoms with Crippen LogP contribution in [0, 0.1) is 5.41 Å². The summed E-state index contributed by atoms with van der Waals surface area (Å²) in [5, 5.41) is 0. The number of carbonyl (C=O) groups is 3. The van der Waals surface area contributed by atoms with E-state index in [1.807, 2.05) is 65.6 Å². The van der Waals surface area contributed by atoms with Crippen molar-refractivity contribution in [2.75, 3.05) is 38.3 Å². The third-order valence-corrected chi connectivity index (χ3v) is 7.22. The molecular formula is C29H38N4O3. The number of para-hydroxylation sites is 1. The molecular weight excluding hydrogens is 452 g/mol. The molecule has 0 unspecified atom stereocenters. The van der Waals surface area contributed by atoms with Gasteiger partial charge in [0.2, 0.25) is 11.8 Å². The lowest BCUT2D eigenvalue weighted by Crippen LogP contribution is -2.57. The number of rotatable bonds is 6. The second kappa shape index (κ2) is 10.3. The first kappa shape index (κ1) is 25.7. The lowest BCUT2D eigenvalue weighted by molar-refractivity contribution is -0.142. The number of hydrogen-bond acceptors (Lipinski definition) is 4. The maximum absolute atomic E-state index is 13.9. The largest absolute Gasteiger partial charge is 0.342 e. The summed E-state index contributed by atoms with van der Waals surface area (Å²) in [4.78, 5) is 47.2. The molecule has 2 aliphatic rings. The molecule has 2 saturated heterocycles. The van der Waals surface area contributed by atoms with E-state index in [0.29, 0.717) is 45.6 Å². The number of hydrogen-bond donors (Lipinski definition) is 0. The minimum atomic E-state index is -0.738. The third kappa shape index (κ3) is 5.55. The van der Waals surface area contributed by atoms with Crippen molar-refractivity contribution in [3.63, 3.8) is 0 Å². The van der Waals surface area contributed by atoms with Crippen molar-refractivity contribution in [3.8, 4) is 0 Å². The quantitative estimate of drug-likeness (QED) is 0.619. The van der Waals surface area contributed by atoms with Gasteiger partial charge in [-0.25, -0.2) is 0 Å². The van der Waals surface area contributed by atoms with Crippen molar-refractivity contribution >= 4 is 23.4 Å². The molecule has 7 heteroatoms. The van der Waals surface area contributed by atoms with Crippen LogP contribution in [-0.4, -0.2) is 71.3 Å². The molecule has 4 rings (SSSR count). The standard InChI is InChI=1S/C29H38N4O3/c1-28(2,3)19-25(34)31-17-15-29(16-18-31)27(36)32(22-33(29)24-13-9-6-10-14-24)21-26(35)30(4)20-23-11-7-5-8-12-23/h5-14H,15-22H2,1-4H3. The average Bonchev–Trinajstić information content (AvgIpc) is 3.10. The van der Waals surface area contributed by atoms with Gasteiger partial charge < -0.3 is 19.6 Å². The molecule has 3 amide bonds. The van der Waals surface area contributed by atoms with Gasteiger partial charge in [-0.1, -0.05) is 69.3 Å². The van der Waals surface area contributed by atoms with Crippen LogP contribution in [0.5, 0.6) is 0 Å². The molecule has 36 heavy (non-hydrogen) atoms. The molecule has 2 aromatic carbocycles. The van der Waals surface area contributed by atoms with E-state index in [4.69, 9.17) is 0 Å². The van der Waals surface area contributed by atoms with E-state index >= 15 is 0 Å². The van der Waals surface area contributed by atoms with Crippen LogP contribution < -0.4 is 4.90 Å². The van der Waals surface area contributed by atoms with Gasteiger partial charge in [-0.2, -0.15) is 0 Å². The van der Waals surface area contributed by atoms with Crippen molar-refractivity contribution < 1.29 is 14.4 Å². The summed E-state index contributed by atoms with van der Waals surface area (Å²) in [6, 6.07) is 19.8. The van der Waals surface area contributed by atoms with Gasteiger partial charge in [-0.3, -0.25) is 14.4 Å². The normalized spacial score (nSPS) is 17.6. The molecule has 2 aliphatic heterocycles. The summed E-state index contributed by atoms with van der Waals surface area (Å²) in [5.41, 5.74) is 1.20. The van der Waals surface area contributed by atoms with Gasteiger partial charge in [0, 0.05) is 38.8 Å². The van der Waals surface area contributed by atoms with Crippen LogP contribution in [0.4, 0.5) is 5.69 Å². The number of benzene rings is 2. The third-order valence-electron chi connectivity index (χ3n) is 7.22. The predicted octanol–water partition coefficient (Wildman–Crippen LogP) is 3.75. The molecule has 0 saturated carbocycles. The van der Waals surface area contributed by atoms with Crippen LogP contribution in [0.15, 0.2) is 60.7 Å². The topological polar surface area (TPSA) is 64.2 Å². The van der Waals surface area contributed by atoms with Gasteiger partial charge in [-0.05, 0) is 36.0 Å².